The first-order valence-corrected chi connectivity index (χ1v) is 28.4. The molecule has 406 valence electrons. The van der Waals surface area contributed by atoms with Crippen LogP contribution in [0.15, 0.2) is 102 Å². The molecule has 77 heavy (non-hydrogen) atoms. The fraction of sp³-hybridized carbons (Fsp3) is 0.448. The Hall–Kier alpha value is -6.93. The number of hydrogen-bond acceptors (Lipinski definition) is 15. The zero-order valence-electron chi connectivity index (χ0n) is 44.1. The molecule has 2 aromatic heterocycles. The van der Waals surface area contributed by atoms with Crippen LogP contribution in [0.25, 0.3) is 11.0 Å². The van der Waals surface area contributed by atoms with Gasteiger partial charge in [0.1, 0.15) is 27.8 Å². The summed E-state index contributed by atoms with van der Waals surface area (Å²) in [5.41, 5.74) is 4.39. The minimum absolute atomic E-state index is 0.0161. The number of aromatic amines is 1. The number of hydrogen-bond donors (Lipinski definition) is 4. The molecule has 5 aliphatic rings. The maximum absolute atomic E-state index is 14.3. The average Bonchev–Trinajstić information content (AvgIpc) is 4.20. The molecule has 1 atom stereocenters. The topological polar surface area (TPSA) is 214 Å². The first-order chi connectivity index (χ1) is 37.0. The van der Waals surface area contributed by atoms with E-state index in [0.717, 1.165) is 87.8 Å². The lowest BCUT2D eigenvalue weighted by atomic mass is 9.59. The van der Waals surface area contributed by atoms with E-state index in [9.17, 15) is 28.4 Å². The van der Waals surface area contributed by atoms with Crippen molar-refractivity contribution < 1.29 is 42.2 Å². The van der Waals surface area contributed by atoms with Gasteiger partial charge in [-0.25, -0.2) is 18.1 Å². The number of benzene rings is 4. The molecule has 18 nitrogen and oxygen atoms in total. The van der Waals surface area contributed by atoms with E-state index >= 15 is 0 Å². The number of amides is 1. The van der Waals surface area contributed by atoms with Gasteiger partial charge in [0.15, 0.2) is 17.2 Å². The summed E-state index contributed by atoms with van der Waals surface area (Å²) in [4.78, 5) is 40.8. The number of pyridine rings is 1. The molecular weight excluding hydrogens is 1000 g/mol. The fourth-order valence-electron chi connectivity index (χ4n) is 12.5. The Balaban J connectivity index is 0.801. The van der Waals surface area contributed by atoms with E-state index in [1.54, 1.807) is 44.5 Å². The molecule has 0 bridgehead atoms. The molecule has 2 aliphatic carbocycles. The van der Waals surface area contributed by atoms with Crippen molar-refractivity contribution in [3.05, 3.63) is 130 Å². The van der Waals surface area contributed by atoms with E-state index < -0.39 is 37.0 Å². The number of fused-ring (bicyclic) bond motifs is 2. The van der Waals surface area contributed by atoms with Crippen LogP contribution in [-0.4, -0.2) is 109 Å². The number of H-pyrrole nitrogens is 1. The van der Waals surface area contributed by atoms with Crippen LogP contribution in [0.4, 0.5) is 17.1 Å². The second-order valence-electron chi connectivity index (χ2n) is 22.4. The number of methoxy groups -OCH3 is 1. The maximum atomic E-state index is 14.3. The van der Waals surface area contributed by atoms with Crippen molar-refractivity contribution in [2.24, 2.45) is 11.3 Å². The van der Waals surface area contributed by atoms with E-state index in [-0.39, 0.29) is 52.7 Å². The fourth-order valence-corrected chi connectivity index (χ4v) is 13.6. The molecule has 1 amide bonds. The van der Waals surface area contributed by atoms with Crippen molar-refractivity contribution >= 4 is 44.0 Å². The number of piperidine rings is 1. The van der Waals surface area contributed by atoms with Crippen LogP contribution in [0.1, 0.15) is 111 Å². The van der Waals surface area contributed by atoms with Gasteiger partial charge in [-0.05, 0) is 129 Å². The molecule has 11 rings (SSSR count). The van der Waals surface area contributed by atoms with Gasteiger partial charge in [-0.2, -0.15) is 0 Å². The van der Waals surface area contributed by atoms with E-state index in [2.05, 4.69) is 85.0 Å². The Labute approximate surface area is 449 Å². The quantitative estimate of drug-likeness (QED) is 0.0524. The third-order valence-electron chi connectivity index (χ3n) is 16.9. The highest BCUT2D eigenvalue weighted by molar-refractivity contribution is 7.90. The van der Waals surface area contributed by atoms with Crippen LogP contribution in [0.3, 0.4) is 0 Å². The molecule has 0 radical (unpaired) electrons. The molecule has 19 heteroatoms. The molecule has 3 aliphatic heterocycles. The van der Waals surface area contributed by atoms with Gasteiger partial charge < -0.3 is 39.3 Å². The molecule has 2 saturated heterocycles. The Kier molecular flexibility index (Phi) is 14.3. The van der Waals surface area contributed by atoms with Crippen molar-refractivity contribution in [3.8, 4) is 28.7 Å². The van der Waals surface area contributed by atoms with E-state index in [0.29, 0.717) is 55.6 Å². The number of carbonyl (C=O) groups is 1. The molecule has 1 spiro atoms. The first-order valence-electron chi connectivity index (χ1n) is 26.9. The monoisotopic (exact) mass is 1070 g/mol. The molecule has 0 unspecified atom stereocenters. The second kappa shape index (κ2) is 21.1. The molecule has 6 aromatic rings. The summed E-state index contributed by atoms with van der Waals surface area (Å²) in [6, 6.07) is 27.8. The smallest absolute Gasteiger partial charge is 0.297 e. The zero-order valence-corrected chi connectivity index (χ0v) is 44.9. The minimum atomic E-state index is -4.82. The van der Waals surface area contributed by atoms with Gasteiger partial charge >= 0.3 is 0 Å². The molecule has 5 heterocycles. The van der Waals surface area contributed by atoms with Crippen molar-refractivity contribution in [1.82, 2.24) is 24.5 Å². The van der Waals surface area contributed by atoms with Gasteiger partial charge in [-0.15, -0.1) is 0 Å². The number of aromatic nitrogens is 2. The number of nitrogens with one attached hydrogen (secondary N) is 3. The Morgan fingerprint density at radius 1 is 0.948 bits per heavy atom. The summed E-state index contributed by atoms with van der Waals surface area (Å²) >= 11 is 0. The number of nitro groups is 1. The molecule has 4 N–H and O–H groups in total. The minimum Gasteiger partial charge on any atom is -0.497 e. The summed E-state index contributed by atoms with van der Waals surface area (Å²) < 4.78 is 53.9. The number of aliphatic hydroxyl groups is 1. The number of sulfonamides is 1. The Bertz CT molecular complexity index is 3270. The van der Waals surface area contributed by atoms with Gasteiger partial charge in [0.2, 0.25) is 6.79 Å². The van der Waals surface area contributed by atoms with Gasteiger partial charge in [0.25, 0.3) is 21.6 Å². The largest absolute Gasteiger partial charge is 0.497 e. The predicted octanol–water partition coefficient (Wildman–Crippen LogP) is 9.90. The average molecular weight is 1070 g/mol. The summed E-state index contributed by atoms with van der Waals surface area (Å²) in [5, 5.41) is 26.9. The van der Waals surface area contributed by atoms with Crippen LogP contribution in [0.5, 0.6) is 28.7 Å². The highest BCUT2D eigenvalue weighted by Crippen LogP contribution is 2.54. The normalized spacial score (nSPS) is 21.8. The molecule has 4 aromatic carbocycles. The number of nitrogens with zero attached hydrogens (tertiary/aromatic N) is 5. The van der Waals surface area contributed by atoms with Crippen LogP contribution in [-0.2, 0) is 16.6 Å². The number of ether oxygens (including phenoxy) is 4. The van der Waals surface area contributed by atoms with Crippen LogP contribution in [0.2, 0.25) is 0 Å². The van der Waals surface area contributed by atoms with Gasteiger partial charge in [0, 0.05) is 87.3 Å². The van der Waals surface area contributed by atoms with Crippen LogP contribution >= 0.6 is 0 Å². The third-order valence-corrected chi connectivity index (χ3v) is 18.2. The van der Waals surface area contributed by atoms with E-state index in [1.807, 2.05) is 18.2 Å². The standard InChI is InChI=1S/C58H68N8O10S/c1-37(2)45-7-5-6-8-46(45)49-35-63(34-39-9-12-43(73-4)13-10-39)25-26-65(49)42-30-58(31-42)20-23-64(24-21-58)41-11-14-47(50(28-41)76-44-27-40-17-22-59-55(40)61-33-44)56(67)62-77(71,72)51-29-48(66(69)70)52(54-53(51)74-36-75-54)60-32-38-15-18-57(3,68)19-16-38/h5-14,17,22,27-29,33,37-38,42,49,60,68H,15-16,18-21,23-26,30-32,34-36H2,1-4H3,(H,59,61)(H,62,67)/t38-,49-,57-/m0/s1. The lowest BCUT2D eigenvalue weighted by molar-refractivity contribution is -0.384. The lowest BCUT2D eigenvalue weighted by Gasteiger charge is -2.58. The molecule has 4 fully saturated rings. The number of rotatable bonds is 16. The highest BCUT2D eigenvalue weighted by Gasteiger charge is 2.50. The summed E-state index contributed by atoms with van der Waals surface area (Å²) in [6.45, 7) is 11.7. The summed E-state index contributed by atoms with van der Waals surface area (Å²) in [6.07, 6.45) is 10.1. The van der Waals surface area contributed by atoms with Gasteiger partial charge in [-0.1, -0.05) is 50.2 Å². The van der Waals surface area contributed by atoms with Crippen LogP contribution < -0.4 is 33.9 Å². The van der Waals surface area contributed by atoms with Crippen molar-refractivity contribution in [2.45, 2.75) is 107 Å². The van der Waals surface area contributed by atoms with E-state index in [1.165, 1.54) is 22.9 Å². The zero-order chi connectivity index (χ0) is 53.6. The van der Waals surface area contributed by atoms with Gasteiger partial charge in [0.05, 0.1) is 29.4 Å². The van der Waals surface area contributed by atoms with Gasteiger partial charge in [-0.3, -0.25) is 24.7 Å². The third kappa shape index (κ3) is 10.9. The Morgan fingerprint density at radius 2 is 1.70 bits per heavy atom. The second-order valence-corrected chi connectivity index (χ2v) is 24.0. The van der Waals surface area contributed by atoms with E-state index in [4.69, 9.17) is 18.9 Å². The first kappa shape index (κ1) is 52.1. The molecular formula is C58H68N8O10S. The lowest BCUT2D eigenvalue weighted by Crippen LogP contribution is -2.60. The van der Waals surface area contributed by atoms with Crippen molar-refractivity contribution in [3.63, 3.8) is 0 Å². The SMILES string of the molecule is COc1ccc(CN2CCN(C3CC4(CCN(c5ccc(C(=O)NS(=O)(=O)c6cc([N+](=O)[O-])c(NC[C@H]7CC[C@](C)(O)CC7)c7c6OCO7)c(Oc6cnc7[nH]ccc7c6)c5)CC4)C3)[C@H](c3ccccc3C(C)C)C2)cc1. The molecule has 2 saturated carbocycles. The number of piperazine rings is 1. The maximum Gasteiger partial charge on any atom is 0.297 e. The van der Waals surface area contributed by atoms with Crippen molar-refractivity contribution in [2.75, 3.05) is 63.4 Å². The number of anilines is 2. The number of carbonyl (C=O) groups excluding carboxylic acids is 1. The Morgan fingerprint density at radius 3 is 2.44 bits per heavy atom. The number of nitro benzene ring substituents is 1. The summed E-state index contributed by atoms with van der Waals surface area (Å²) in [7, 11) is -3.12. The van der Waals surface area contributed by atoms with Crippen molar-refractivity contribution in [1.29, 1.82) is 0 Å². The highest BCUT2D eigenvalue weighted by atomic mass is 32.2. The van der Waals surface area contributed by atoms with Crippen LogP contribution in [0, 0.1) is 21.4 Å². The predicted molar refractivity (Wildman–Crippen MR) is 293 cm³/mol. The summed E-state index contributed by atoms with van der Waals surface area (Å²) in [5.74, 6) is 0.435.